The number of methoxy groups -OCH3 is 1. The molecule has 2 amide bonds. The number of carbonyl (C=O) groups is 2. The number of likely N-dealkylation sites (N-methyl/N-ethyl adjacent to an activating group) is 1. The summed E-state index contributed by atoms with van der Waals surface area (Å²) >= 11 is 0. The fourth-order valence-electron chi connectivity index (χ4n) is 2.59. The minimum atomic E-state index is -0.552. The SMILES string of the molecule is CNC(=O)C(C)N(Cc1ccc(OC)cc1)C(=O)Cc1ccccc1. The summed E-state index contributed by atoms with van der Waals surface area (Å²) in [6.07, 6.45) is 0.262. The highest BCUT2D eigenvalue weighted by molar-refractivity contribution is 5.88. The second kappa shape index (κ2) is 8.87. The summed E-state index contributed by atoms with van der Waals surface area (Å²) < 4.78 is 5.16. The highest BCUT2D eigenvalue weighted by atomic mass is 16.5. The molecule has 0 heterocycles. The molecule has 0 saturated heterocycles. The fraction of sp³-hybridized carbons (Fsp3) is 0.300. The van der Waals surface area contributed by atoms with Crippen LogP contribution in [0.15, 0.2) is 54.6 Å². The molecule has 0 spiro atoms. The Bertz CT molecular complexity index is 699. The lowest BCUT2D eigenvalue weighted by molar-refractivity contribution is -0.139. The maximum atomic E-state index is 12.8. The zero-order chi connectivity index (χ0) is 18.2. The number of hydrogen-bond donors (Lipinski definition) is 1. The van der Waals surface area contributed by atoms with Crippen molar-refractivity contribution in [2.24, 2.45) is 0 Å². The van der Waals surface area contributed by atoms with Crippen LogP contribution in [0.25, 0.3) is 0 Å². The van der Waals surface area contributed by atoms with Gasteiger partial charge >= 0.3 is 0 Å². The molecular weight excluding hydrogens is 316 g/mol. The Morgan fingerprint density at radius 3 is 2.24 bits per heavy atom. The van der Waals surface area contributed by atoms with Gasteiger partial charge in [-0.3, -0.25) is 9.59 Å². The molecule has 0 aliphatic carbocycles. The van der Waals surface area contributed by atoms with Gasteiger partial charge < -0.3 is 15.0 Å². The molecule has 1 unspecified atom stereocenters. The van der Waals surface area contributed by atoms with Crippen LogP contribution in [0.2, 0.25) is 0 Å². The summed E-state index contributed by atoms with van der Waals surface area (Å²) in [6, 6.07) is 16.5. The first-order valence-corrected chi connectivity index (χ1v) is 8.23. The third kappa shape index (κ3) is 5.08. The Morgan fingerprint density at radius 1 is 1.04 bits per heavy atom. The fourth-order valence-corrected chi connectivity index (χ4v) is 2.59. The summed E-state index contributed by atoms with van der Waals surface area (Å²) in [7, 11) is 3.18. The summed E-state index contributed by atoms with van der Waals surface area (Å²) in [5, 5.41) is 2.62. The van der Waals surface area contributed by atoms with E-state index in [2.05, 4.69) is 5.32 Å². The van der Waals surface area contributed by atoms with Crippen LogP contribution in [0.5, 0.6) is 5.75 Å². The van der Waals surface area contributed by atoms with Gasteiger partial charge in [-0.1, -0.05) is 42.5 Å². The largest absolute Gasteiger partial charge is 0.497 e. The van der Waals surface area contributed by atoms with Crippen molar-refractivity contribution in [3.63, 3.8) is 0 Å². The van der Waals surface area contributed by atoms with Crippen LogP contribution >= 0.6 is 0 Å². The predicted octanol–water partition coefficient (Wildman–Crippen LogP) is 2.40. The lowest BCUT2D eigenvalue weighted by Gasteiger charge is -2.28. The van der Waals surface area contributed by atoms with E-state index >= 15 is 0 Å². The zero-order valence-electron chi connectivity index (χ0n) is 14.9. The molecule has 25 heavy (non-hydrogen) atoms. The number of ether oxygens (including phenoxy) is 1. The van der Waals surface area contributed by atoms with Crippen LogP contribution in [0.3, 0.4) is 0 Å². The Balaban J connectivity index is 2.19. The molecule has 0 saturated carbocycles. The molecule has 5 heteroatoms. The van der Waals surface area contributed by atoms with E-state index in [0.29, 0.717) is 6.54 Å². The first-order chi connectivity index (χ1) is 12.0. The lowest BCUT2D eigenvalue weighted by atomic mass is 10.1. The van der Waals surface area contributed by atoms with Crippen LogP contribution in [0, 0.1) is 0 Å². The van der Waals surface area contributed by atoms with E-state index in [9.17, 15) is 9.59 Å². The van der Waals surface area contributed by atoms with Crippen LogP contribution in [-0.2, 0) is 22.6 Å². The molecule has 0 radical (unpaired) electrons. The number of nitrogens with one attached hydrogen (secondary N) is 1. The smallest absolute Gasteiger partial charge is 0.242 e. The molecular formula is C20H24N2O3. The van der Waals surface area contributed by atoms with Crippen molar-refractivity contribution in [1.82, 2.24) is 10.2 Å². The number of carbonyl (C=O) groups excluding carboxylic acids is 2. The van der Waals surface area contributed by atoms with Crippen molar-refractivity contribution in [2.45, 2.75) is 25.9 Å². The van der Waals surface area contributed by atoms with Gasteiger partial charge in [0.1, 0.15) is 11.8 Å². The quantitative estimate of drug-likeness (QED) is 0.842. The Kier molecular flexibility index (Phi) is 6.57. The predicted molar refractivity (Wildman–Crippen MR) is 97.2 cm³/mol. The molecule has 0 aliphatic rings. The number of amides is 2. The molecule has 0 bridgehead atoms. The van der Waals surface area contributed by atoms with E-state index in [4.69, 9.17) is 4.74 Å². The normalized spacial score (nSPS) is 11.5. The molecule has 2 aromatic rings. The van der Waals surface area contributed by atoms with E-state index in [1.54, 1.807) is 26.0 Å². The summed E-state index contributed by atoms with van der Waals surface area (Å²) in [5.41, 5.74) is 1.87. The Morgan fingerprint density at radius 2 is 1.68 bits per heavy atom. The maximum absolute atomic E-state index is 12.8. The van der Waals surface area contributed by atoms with Crippen molar-refractivity contribution >= 4 is 11.8 Å². The van der Waals surface area contributed by atoms with Gasteiger partial charge in [-0.15, -0.1) is 0 Å². The van der Waals surface area contributed by atoms with E-state index in [-0.39, 0.29) is 18.2 Å². The minimum Gasteiger partial charge on any atom is -0.497 e. The first-order valence-electron chi connectivity index (χ1n) is 8.23. The van der Waals surface area contributed by atoms with Gasteiger partial charge in [0.15, 0.2) is 0 Å². The third-order valence-corrected chi connectivity index (χ3v) is 4.12. The van der Waals surface area contributed by atoms with Gasteiger partial charge in [-0.2, -0.15) is 0 Å². The van der Waals surface area contributed by atoms with Gasteiger partial charge in [0, 0.05) is 13.6 Å². The average Bonchev–Trinajstić information content (AvgIpc) is 2.66. The summed E-state index contributed by atoms with van der Waals surface area (Å²) in [5.74, 6) is 0.485. The zero-order valence-corrected chi connectivity index (χ0v) is 14.9. The van der Waals surface area contributed by atoms with Gasteiger partial charge in [-0.25, -0.2) is 0 Å². The topological polar surface area (TPSA) is 58.6 Å². The molecule has 1 N–H and O–H groups in total. The van der Waals surface area contributed by atoms with E-state index in [1.807, 2.05) is 54.6 Å². The summed E-state index contributed by atoms with van der Waals surface area (Å²) in [4.78, 5) is 26.5. The standard InChI is InChI=1S/C20H24N2O3/c1-15(20(24)21-2)22(14-17-9-11-18(25-3)12-10-17)19(23)13-16-7-5-4-6-8-16/h4-12,15H,13-14H2,1-3H3,(H,21,24). The Hall–Kier alpha value is -2.82. The molecule has 0 aromatic heterocycles. The van der Waals surface area contributed by atoms with Crippen LogP contribution in [0.1, 0.15) is 18.1 Å². The van der Waals surface area contributed by atoms with Gasteiger partial charge in [0.05, 0.1) is 13.5 Å². The second-order valence-electron chi connectivity index (χ2n) is 5.82. The molecule has 1 atom stereocenters. The van der Waals surface area contributed by atoms with E-state index in [1.165, 1.54) is 0 Å². The van der Waals surface area contributed by atoms with E-state index < -0.39 is 6.04 Å². The van der Waals surface area contributed by atoms with Gasteiger partial charge in [0.2, 0.25) is 11.8 Å². The second-order valence-corrected chi connectivity index (χ2v) is 5.82. The Labute approximate surface area is 148 Å². The lowest BCUT2D eigenvalue weighted by Crippen LogP contribution is -2.47. The number of rotatable bonds is 7. The van der Waals surface area contributed by atoms with Crippen LogP contribution in [-0.4, -0.2) is 36.9 Å². The van der Waals surface area contributed by atoms with Gasteiger partial charge in [-0.05, 0) is 30.2 Å². The third-order valence-electron chi connectivity index (χ3n) is 4.12. The average molecular weight is 340 g/mol. The molecule has 2 rings (SSSR count). The molecule has 0 fully saturated rings. The van der Waals surface area contributed by atoms with Crippen molar-refractivity contribution in [2.75, 3.05) is 14.2 Å². The molecule has 0 aliphatic heterocycles. The monoisotopic (exact) mass is 340 g/mol. The van der Waals surface area contributed by atoms with Crippen molar-refractivity contribution in [3.8, 4) is 5.75 Å². The highest BCUT2D eigenvalue weighted by Gasteiger charge is 2.25. The highest BCUT2D eigenvalue weighted by Crippen LogP contribution is 2.16. The van der Waals surface area contributed by atoms with Gasteiger partial charge in [0.25, 0.3) is 0 Å². The minimum absolute atomic E-state index is 0.0851. The molecule has 5 nitrogen and oxygen atoms in total. The number of nitrogens with zero attached hydrogens (tertiary/aromatic N) is 1. The van der Waals surface area contributed by atoms with E-state index in [0.717, 1.165) is 16.9 Å². The molecule has 2 aromatic carbocycles. The number of benzene rings is 2. The van der Waals surface area contributed by atoms with Crippen LogP contribution < -0.4 is 10.1 Å². The van der Waals surface area contributed by atoms with Crippen LogP contribution in [0.4, 0.5) is 0 Å². The molecule has 132 valence electrons. The van der Waals surface area contributed by atoms with Crippen molar-refractivity contribution in [3.05, 3.63) is 65.7 Å². The van der Waals surface area contributed by atoms with Crippen molar-refractivity contribution in [1.29, 1.82) is 0 Å². The first kappa shape index (κ1) is 18.5. The van der Waals surface area contributed by atoms with Crippen molar-refractivity contribution < 1.29 is 14.3 Å². The maximum Gasteiger partial charge on any atom is 0.242 e. The number of hydrogen-bond acceptors (Lipinski definition) is 3. The summed E-state index contributed by atoms with van der Waals surface area (Å²) in [6.45, 7) is 2.11.